The average molecular weight is 733 g/mol. The molecule has 280 valence electrons. The van der Waals surface area contributed by atoms with E-state index in [1.54, 1.807) is 35.6 Å². The topological polar surface area (TPSA) is 261 Å². The number of imidazole rings is 2. The number of carbonyl (C=O) groups excluding carboxylic acids is 4. The SMILES string of the molecule is CCNC(=O)[C@@H]1O[C@@H](n2cnc3c(N)nc(NC(=O)c4ccc(NC(=O)CCc5nc6c(n5C)C(=O)N(CC)C5OC5N6CC)cc4)nc32)[C@H](O)[C@@H]1O. The Morgan fingerprint density at radius 2 is 1.64 bits per heavy atom. The molecule has 3 aliphatic rings. The van der Waals surface area contributed by atoms with Crippen LogP contribution in [-0.2, 0) is 32.5 Å². The van der Waals surface area contributed by atoms with Crippen molar-refractivity contribution in [3.63, 3.8) is 0 Å². The molecule has 0 saturated carbocycles. The van der Waals surface area contributed by atoms with Gasteiger partial charge in [-0.25, -0.2) is 9.97 Å². The lowest BCUT2D eigenvalue weighted by Gasteiger charge is -2.18. The Kier molecular flexibility index (Phi) is 9.45. The van der Waals surface area contributed by atoms with Gasteiger partial charge < -0.3 is 50.4 Å². The van der Waals surface area contributed by atoms with Crippen molar-refractivity contribution in [3.8, 4) is 0 Å². The van der Waals surface area contributed by atoms with Gasteiger partial charge in [0.25, 0.3) is 17.7 Å². The average Bonchev–Trinajstić information content (AvgIpc) is 3.54. The molecule has 0 aliphatic carbocycles. The van der Waals surface area contributed by atoms with Crippen LogP contribution in [0.4, 0.5) is 23.3 Å². The van der Waals surface area contributed by atoms with Crippen molar-refractivity contribution in [2.24, 2.45) is 7.05 Å². The first-order chi connectivity index (χ1) is 25.4. The van der Waals surface area contributed by atoms with E-state index >= 15 is 0 Å². The highest BCUT2D eigenvalue weighted by atomic mass is 16.6. The van der Waals surface area contributed by atoms with Crippen molar-refractivity contribution < 1.29 is 38.9 Å². The molecule has 6 atom stereocenters. The number of epoxide rings is 1. The summed E-state index contributed by atoms with van der Waals surface area (Å²) in [5.74, 6) is -0.699. The molecule has 1 aromatic carbocycles. The number of benzene rings is 1. The van der Waals surface area contributed by atoms with E-state index in [1.807, 2.05) is 18.7 Å². The van der Waals surface area contributed by atoms with E-state index in [9.17, 15) is 29.4 Å². The summed E-state index contributed by atoms with van der Waals surface area (Å²) in [5, 5.41) is 29.1. The number of hydrogen-bond donors (Lipinski definition) is 6. The number of aromatic nitrogens is 6. The van der Waals surface area contributed by atoms with Crippen LogP contribution >= 0.6 is 0 Å². The third-order valence-electron chi connectivity index (χ3n) is 9.45. The number of aliphatic hydroxyl groups excluding tert-OH is 2. The first-order valence-corrected chi connectivity index (χ1v) is 17.2. The lowest BCUT2D eigenvalue weighted by atomic mass is 10.1. The summed E-state index contributed by atoms with van der Waals surface area (Å²) in [6, 6.07) is 6.16. The number of aliphatic hydroxyl groups is 2. The quantitative estimate of drug-likeness (QED) is 0.108. The van der Waals surface area contributed by atoms with Crippen molar-refractivity contribution >= 4 is 58.1 Å². The Bertz CT molecular complexity index is 2080. The number of nitrogens with two attached hydrogens (primary N) is 1. The van der Waals surface area contributed by atoms with Gasteiger partial charge >= 0.3 is 0 Å². The van der Waals surface area contributed by atoms with E-state index in [0.29, 0.717) is 42.7 Å². The maximum atomic E-state index is 13.3. The number of carbonyl (C=O) groups is 4. The fourth-order valence-electron chi connectivity index (χ4n) is 6.66. The maximum Gasteiger partial charge on any atom is 0.276 e. The number of hydrogen-bond acceptors (Lipinski definition) is 14. The molecule has 4 aromatic rings. The third-order valence-corrected chi connectivity index (χ3v) is 9.45. The summed E-state index contributed by atoms with van der Waals surface area (Å²) in [6.07, 6.45) is -4.45. The zero-order chi connectivity index (χ0) is 37.7. The van der Waals surface area contributed by atoms with Gasteiger partial charge in [-0.1, -0.05) is 0 Å². The second-order valence-corrected chi connectivity index (χ2v) is 12.7. The number of aryl methyl sites for hydroxylation is 1. The van der Waals surface area contributed by atoms with E-state index in [4.69, 9.17) is 20.2 Å². The first kappa shape index (κ1) is 35.7. The van der Waals surface area contributed by atoms with Crippen molar-refractivity contribution in [1.29, 1.82) is 0 Å². The van der Waals surface area contributed by atoms with Gasteiger partial charge in [-0.3, -0.25) is 29.1 Å². The molecule has 0 spiro atoms. The number of nitrogen functional groups attached to an aromatic ring is 1. The lowest BCUT2D eigenvalue weighted by Crippen LogP contribution is -2.42. The summed E-state index contributed by atoms with van der Waals surface area (Å²) < 4.78 is 14.5. The van der Waals surface area contributed by atoms with Crippen LogP contribution in [0.15, 0.2) is 30.6 Å². The van der Waals surface area contributed by atoms with Crippen LogP contribution in [0.5, 0.6) is 0 Å². The van der Waals surface area contributed by atoms with Gasteiger partial charge in [0.1, 0.15) is 23.5 Å². The third kappa shape index (κ3) is 6.38. The summed E-state index contributed by atoms with van der Waals surface area (Å²) in [5.41, 5.74) is 7.49. The number of ether oxygens (including phenoxy) is 2. The van der Waals surface area contributed by atoms with Crippen molar-refractivity contribution in [1.82, 2.24) is 39.3 Å². The summed E-state index contributed by atoms with van der Waals surface area (Å²) >= 11 is 0. The van der Waals surface area contributed by atoms with Crippen LogP contribution in [0.3, 0.4) is 0 Å². The van der Waals surface area contributed by atoms with Crippen LogP contribution < -0.4 is 26.6 Å². The number of amides is 4. The van der Waals surface area contributed by atoms with Crippen LogP contribution in [0, 0.1) is 0 Å². The number of likely N-dealkylation sites (N-methyl/N-ethyl adjacent to an activating group) is 3. The maximum absolute atomic E-state index is 13.3. The molecule has 4 amide bonds. The normalized spacial score (nSPS) is 23.4. The molecular formula is C33H40N12O8. The van der Waals surface area contributed by atoms with Crippen LogP contribution in [0.1, 0.15) is 60.1 Å². The standard InChI is InChI=1S/C33H40N12O8/c1-5-35-28(50)23-21(47)22(48)30(52-23)45-14-36-19-24(34)39-33(40-25(19)45)41-27(49)15-8-10-16(11-9-15)37-18(46)13-12-17-38-26-20(42(17)4)29(51)44(7-3)32-31(53-32)43(26)6-2/h8-11,14,21-23,30-32,47-48H,5-7,12-13H2,1-4H3,(H,35,50)(H,37,46)(H3,34,39,40,41,49)/t21-,22+,23+,30+,31?,32?/m0/s1. The van der Waals surface area contributed by atoms with Crippen LogP contribution in [0.25, 0.3) is 11.2 Å². The summed E-state index contributed by atoms with van der Waals surface area (Å²) in [6.45, 7) is 7.01. The van der Waals surface area contributed by atoms with Crippen LogP contribution in [-0.4, -0.2) is 118 Å². The second-order valence-electron chi connectivity index (χ2n) is 12.7. The molecule has 3 aliphatic heterocycles. The van der Waals surface area contributed by atoms with Crippen LogP contribution in [0.2, 0.25) is 0 Å². The van der Waals surface area contributed by atoms with Gasteiger partial charge in [0.15, 0.2) is 47.8 Å². The van der Waals surface area contributed by atoms with E-state index in [2.05, 4.69) is 30.9 Å². The number of fused-ring (bicyclic) bond motifs is 3. The van der Waals surface area contributed by atoms with E-state index in [0.717, 1.165) is 0 Å². The number of rotatable bonds is 11. The number of anilines is 4. The Hall–Kier alpha value is -5.70. The molecule has 3 aromatic heterocycles. The molecule has 6 heterocycles. The Morgan fingerprint density at radius 1 is 0.925 bits per heavy atom. The fourth-order valence-corrected chi connectivity index (χ4v) is 6.66. The second kappa shape index (κ2) is 14.0. The molecule has 7 N–H and O–H groups in total. The van der Waals surface area contributed by atoms with Gasteiger partial charge in [0.05, 0.1) is 6.33 Å². The smallest absolute Gasteiger partial charge is 0.276 e. The number of nitrogens with zero attached hydrogens (tertiary/aromatic N) is 8. The van der Waals surface area contributed by atoms with Gasteiger partial charge in [-0.05, 0) is 45.0 Å². The lowest BCUT2D eigenvalue weighted by molar-refractivity contribution is -0.137. The fraction of sp³-hybridized carbons (Fsp3) is 0.455. The predicted molar refractivity (Wildman–Crippen MR) is 187 cm³/mol. The first-order valence-electron chi connectivity index (χ1n) is 17.2. The van der Waals surface area contributed by atoms with Crippen molar-refractivity contribution in [2.75, 3.05) is 40.9 Å². The Morgan fingerprint density at radius 3 is 2.34 bits per heavy atom. The largest absolute Gasteiger partial charge is 0.387 e. The molecule has 0 bridgehead atoms. The Balaban J connectivity index is 0.987. The van der Waals surface area contributed by atoms with Gasteiger partial charge in [-0.15, -0.1) is 0 Å². The minimum atomic E-state index is -1.52. The van der Waals surface area contributed by atoms with E-state index < -0.39 is 36.4 Å². The molecule has 0 radical (unpaired) electrons. The van der Waals surface area contributed by atoms with Crippen molar-refractivity contribution in [3.05, 3.63) is 47.7 Å². The summed E-state index contributed by atoms with van der Waals surface area (Å²) in [7, 11) is 1.77. The summed E-state index contributed by atoms with van der Waals surface area (Å²) in [4.78, 5) is 72.8. The number of nitrogens with one attached hydrogen (secondary N) is 3. The highest BCUT2D eigenvalue weighted by molar-refractivity contribution is 6.04. The van der Waals surface area contributed by atoms with Gasteiger partial charge in [0.2, 0.25) is 11.9 Å². The molecule has 7 rings (SSSR count). The molecule has 20 heteroatoms. The molecule has 2 saturated heterocycles. The highest BCUT2D eigenvalue weighted by Gasteiger charge is 2.54. The molecular weight excluding hydrogens is 692 g/mol. The van der Waals surface area contributed by atoms with E-state index in [-0.39, 0.29) is 65.6 Å². The molecule has 2 fully saturated rings. The predicted octanol–water partition coefficient (Wildman–Crippen LogP) is -0.295. The van der Waals surface area contributed by atoms with E-state index in [1.165, 1.54) is 23.0 Å². The molecule has 53 heavy (non-hydrogen) atoms. The zero-order valence-electron chi connectivity index (χ0n) is 29.4. The van der Waals surface area contributed by atoms with Crippen molar-refractivity contribution in [2.45, 2.75) is 70.6 Å². The molecule has 2 unspecified atom stereocenters. The zero-order valence-corrected chi connectivity index (χ0v) is 29.4. The highest BCUT2D eigenvalue weighted by Crippen LogP contribution is 2.39. The van der Waals surface area contributed by atoms with Gasteiger partial charge in [-0.2, -0.15) is 9.97 Å². The monoisotopic (exact) mass is 732 g/mol. The van der Waals surface area contributed by atoms with Gasteiger partial charge in [0, 0.05) is 50.8 Å². The molecule has 20 nitrogen and oxygen atoms in total. The Labute approximate surface area is 302 Å². The minimum Gasteiger partial charge on any atom is -0.387 e. The minimum absolute atomic E-state index is 0.0700.